The second kappa shape index (κ2) is 13.0. The monoisotopic (exact) mass is 716 g/mol. The van der Waals surface area contributed by atoms with Crippen LogP contribution in [0.25, 0.3) is 106 Å². The SMILES string of the molecule is c1ccc(-c2ccc3c4ccc(-c5cccc6c5oc5ccccc56)cc4n(-c4cccc(-c5nc(-c6ccccc6)nc(-c6ccccc6)n5)c4)c3c2)cc1. The molecule has 0 amide bonds. The van der Waals surface area contributed by atoms with Crippen molar-refractivity contribution in [3.8, 4) is 62.1 Å². The quantitative estimate of drug-likeness (QED) is 0.172. The van der Waals surface area contributed by atoms with E-state index >= 15 is 0 Å². The molecule has 5 nitrogen and oxygen atoms in total. The molecular formula is C51H32N4O. The summed E-state index contributed by atoms with van der Waals surface area (Å²) in [6.07, 6.45) is 0. The van der Waals surface area contributed by atoms with Crippen LogP contribution < -0.4 is 0 Å². The minimum Gasteiger partial charge on any atom is -0.455 e. The molecule has 0 aliphatic carbocycles. The lowest BCUT2D eigenvalue weighted by Gasteiger charge is -2.12. The first kappa shape index (κ1) is 31.9. The van der Waals surface area contributed by atoms with Gasteiger partial charge in [0.05, 0.1) is 11.0 Å². The third-order valence-electron chi connectivity index (χ3n) is 10.7. The highest BCUT2D eigenvalue weighted by atomic mass is 16.3. The normalized spacial score (nSPS) is 11.6. The van der Waals surface area contributed by atoms with Gasteiger partial charge in [-0.2, -0.15) is 0 Å². The number of aromatic nitrogens is 4. The Labute approximate surface area is 322 Å². The summed E-state index contributed by atoms with van der Waals surface area (Å²) in [4.78, 5) is 15.0. The summed E-state index contributed by atoms with van der Waals surface area (Å²) < 4.78 is 8.89. The highest BCUT2D eigenvalue weighted by Gasteiger charge is 2.19. The lowest BCUT2D eigenvalue weighted by molar-refractivity contribution is 0.670. The number of benzene rings is 8. The third kappa shape index (κ3) is 5.37. The van der Waals surface area contributed by atoms with Crippen molar-refractivity contribution in [1.29, 1.82) is 0 Å². The molecule has 8 aromatic carbocycles. The van der Waals surface area contributed by atoms with Crippen molar-refractivity contribution in [1.82, 2.24) is 19.5 Å². The van der Waals surface area contributed by atoms with Gasteiger partial charge in [-0.3, -0.25) is 0 Å². The molecule has 0 aliphatic rings. The van der Waals surface area contributed by atoms with Crippen LogP contribution in [-0.4, -0.2) is 19.5 Å². The van der Waals surface area contributed by atoms with Crippen molar-refractivity contribution in [2.24, 2.45) is 0 Å². The lowest BCUT2D eigenvalue weighted by atomic mass is 10.00. The smallest absolute Gasteiger partial charge is 0.164 e. The van der Waals surface area contributed by atoms with Gasteiger partial charge in [0.1, 0.15) is 11.2 Å². The summed E-state index contributed by atoms with van der Waals surface area (Å²) in [5, 5.41) is 4.58. The fraction of sp³-hybridized carbons (Fsp3) is 0. The van der Waals surface area contributed by atoms with Crippen LogP contribution in [0.3, 0.4) is 0 Å². The molecule has 0 fully saturated rings. The minimum atomic E-state index is 0.613. The van der Waals surface area contributed by atoms with Crippen LogP contribution in [0.4, 0.5) is 0 Å². The van der Waals surface area contributed by atoms with Crippen LogP contribution in [0.1, 0.15) is 0 Å². The largest absolute Gasteiger partial charge is 0.455 e. The van der Waals surface area contributed by atoms with Gasteiger partial charge < -0.3 is 8.98 Å². The number of nitrogens with zero attached hydrogens (tertiary/aromatic N) is 4. The average Bonchev–Trinajstić information content (AvgIpc) is 3.82. The molecule has 0 N–H and O–H groups in total. The Hall–Kier alpha value is -7.63. The van der Waals surface area contributed by atoms with Gasteiger partial charge in [-0.05, 0) is 47.0 Å². The van der Waals surface area contributed by atoms with Crippen LogP contribution in [0.5, 0.6) is 0 Å². The molecule has 0 unspecified atom stereocenters. The van der Waals surface area contributed by atoms with E-state index in [0.29, 0.717) is 17.5 Å². The van der Waals surface area contributed by atoms with Gasteiger partial charge >= 0.3 is 0 Å². The van der Waals surface area contributed by atoms with Gasteiger partial charge in [-0.1, -0.05) is 164 Å². The van der Waals surface area contributed by atoms with E-state index in [1.165, 1.54) is 16.3 Å². The molecule has 0 atom stereocenters. The molecule has 3 heterocycles. The Morgan fingerprint density at radius 1 is 0.339 bits per heavy atom. The Morgan fingerprint density at radius 3 is 1.54 bits per heavy atom. The van der Waals surface area contributed by atoms with E-state index in [9.17, 15) is 0 Å². The summed E-state index contributed by atoms with van der Waals surface area (Å²) in [5.41, 5.74) is 12.2. The molecule has 11 rings (SSSR count). The Bertz CT molecular complexity index is 3180. The zero-order valence-corrected chi connectivity index (χ0v) is 30.2. The van der Waals surface area contributed by atoms with Crippen molar-refractivity contribution in [3.63, 3.8) is 0 Å². The van der Waals surface area contributed by atoms with Crippen molar-refractivity contribution < 1.29 is 4.42 Å². The predicted octanol–water partition coefficient (Wildman–Crippen LogP) is 13.2. The maximum atomic E-state index is 6.51. The second-order valence-electron chi connectivity index (χ2n) is 14.0. The second-order valence-corrected chi connectivity index (χ2v) is 14.0. The van der Waals surface area contributed by atoms with Crippen LogP contribution in [0.2, 0.25) is 0 Å². The van der Waals surface area contributed by atoms with Crippen molar-refractivity contribution in [2.75, 3.05) is 0 Å². The van der Waals surface area contributed by atoms with E-state index in [1.807, 2.05) is 72.8 Å². The molecule has 5 heteroatoms. The molecular weight excluding hydrogens is 685 g/mol. The number of furan rings is 1. The van der Waals surface area contributed by atoms with E-state index in [4.69, 9.17) is 19.4 Å². The van der Waals surface area contributed by atoms with E-state index < -0.39 is 0 Å². The number of hydrogen-bond donors (Lipinski definition) is 0. The lowest BCUT2D eigenvalue weighted by Crippen LogP contribution is -2.01. The Morgan fingerprint density at radius 2 is 0.857 bits per heavy atom. The van der Waals surface area contributed by atoms with Gasteiger partial charge in [0.2, 0.25) is 0 Å². The molecule has 262 valence electrons. The van der Waals surface area contributed by atoms with E-state index in [1.54, 1.807) is 0 Å². The van der Waals surface area contributed by atoms with Gasteiger partial charge in [0.25, 0.3) is 0 Å². The summed E-state index contributed by atoms with van der Waals surface area (Å²) in [6, 6.07) is 67.5. The molecule has 0 saturated heterocycles. The number of hydrogen-bond acceptors (Lipinski definition) is 4. The van der Waals surface area contributed by atoms with Crippen LogP contribution >= 0.6 is 0 Å². The average molecular weight is 717 g/mol. The van der Waals surface area contributed by atoms with Gasteiger partial charge in [-0.15, -0.1) is 0 Å². The third-order valence-corrected chi connectivity index (χ3v) is 10.7. The number of fused-ring (bicyclic) bond motifs is 6. The predicted molar refractivity (Wildman–Crippen MR) is 229 cm³/mol. The first-order valence-electron chi connectivity index (χ1n) is 18.8. The fourth-order valence-corrected chi connectivity index (χ4v) is 7.97. The topological polar surface area (TPSA) is 56.7 Å². The maximum Gasteiger partial charge on any atom is 0.164 e. The zero-order chi connectivity index (χ0) is 37.0. The van der Waals surface area contributed by atoms with Crippen LogP contribution in [0, 0.1) is 0 Å². The molecule has 0 radical (unpaired) electrons. The van der Waals surface area contributed by atoms with E-state index in [-0.39, 0.29) is 0 Å². The molecule has 3 aromatic heterocycles. The number of rotatable bonds is 6. The molecule has 0 bridgehead atoms. The minimum absolute atomic E-state index is 0.613. The highest BCUT2D eigenvalue weighted by Crippen LogP contribution is 2.40. The maximum absolute atomic E-state index is 6.51. The van der Waals surface area contributed by atoms with Crippen molar-refractivity contribution in [2.45, 2.75) is 0 Å². The van der Waals surface area contributed by atoms with Crippen LogP contribution in [-0.2, 0) is 0 Å². The van der Waals surface area contributed by atoms with Crippen molar-refractivity contribution in [3.05, 3.63) is 194 Å². The Kier molecular flexibility index (Phi) is 7.42. The molecule has 0 saturated carbocycles. The molecule has 0 spiro atoms. The molecule has 0 aliphatic heterocycles. The van der Waals surface area contributed by atoms with Gasteiger partial charge in [-0.25, -0.2) is 15.0 Å². The molecule has 56 heavy (non-hydrogen) atoms. The van der Waals surface area contributed by atoms with E-state index in [0.717, 1.165) is 72.0 Å². The fourth-order valence-electron chi connectivity index (χ4n) is 7.97. The summed E-state index contributed by atoms with van der Waals surface area (Å²) >= 11 is 0. The Balaban J connectivity index is 1.14. The summed E-state index contributed by atoms with van der Waals surface area (Å²) in [7, 11) is 0. The van der Waals surface area contributed by atoms with E-state index in [2.05, 4.69) is 126 Å². The zero-order valence-electron chi connectivity index (χ0n) is 30.2. The summed E-state index contributed by atoms with van der Waals surface area (Å²) in [6.45, 7) is 0. The van der Waals surface area contributed by atoms with Crippen molar-refractivity contribution >= 4 is 43.7 Å². The highest BCUT2D eigenvalue weighted by molar-refractivity contribution is 6.13. The number of para-hydroxylation sites is 2. The molecule has 11 aromatic rings. The standard InChI is InChI=1S/C51H32N4O/c1-4-14-33(15-5-1)36-26-28-41-42-29-27-37(40-23-13-24-44-43-22-10-11-25-47(43)56-48(40)44)32-46(42)55(45(41)31-36)39-21-12-20-38(30-39)51-53-49(34-16-6-2-7-17-34)52-50(54-51)35-18-8-3-9-19-35/h1-32H. The summed E-state index contributed by atoms with van der Waals surface area (Å²) in [5.74, 6) is 1.88. The van der Waals surface area contributed by atoms with Gasteiger partial charge in [0, 0.05) is 49.5 Å². The first-order chi connectivity index (χ1) is 27.7. The van der Waals surface area contributed by atoms with Crippen LogP contribution in [0.15, 0.2) is 199 Å². The van der Waals surface area contributed by atoms with Gasteiger partial charge in [0.15, 0.2) is 17.5 Å². The first-order valence-corrected chi connectivity index (χ1v) is 18.8.